The lowest BCUT2D eigenvalue weighted by Gasteiger charge is -2.11. The Morgan fingerprint density at radius 1 is 0.788 bits per heavy atom. The minimum absolute atomic E-state index is 0.496. The van der Waals surface area contributed by atoms with E-state index < -0.39 is 5.97 Å². The van der Waals surface area contributed by atoms with Gasteiger partial charge in [0.05, 0.1) is 0 Å². The van der Waals surface area contributed by atoms with Gasteiger partial charge in [-0.15, -0.1) is 0 Å². The number of carboxylic acids is 1. The molecule has 1 N–H and O–H groups in total. The molecule has 0 aliphatic rings. The van der Waals surface area contributed by atoms with Crippen LogP contribution in [-0.4, -0.2) is 15.6 Å². The van der Waals surface area contributed by atoms with Crippen LogP contribution in [0, 0.1) is 0 Å². The largest absolute Gasteiger partial charge is 0.489 e. The zero-order valence-electron chi connectivity index (χ0n) is 18.0. The molecule has 0 spiro atoms. The van der Waals surface area contributed by atoms with E-state index in [-0.39, 0.29) is 0 Å². The first-order valence-electron chi connectivity index (χ1n) is 10.8. The Labute approximate surface area is 192 Å². The fraction of sp³-hybridized carbons (Fsp3) is 0.0690. The number of aromatic nitrogens is 1. The van der Waals surface area contributed by atoms with Gasteiger partial charge < -0.3 is 14.4 Å². The first-order valence-corrected chi connectivity index (χ1v) is 10.8. The lowest BCUT2D eigenvalue weighted by atomic mass is 10.1. The van der Waals surface area contributed by atoms with Crippen LogP contribution < -0.4 is 4.74 Å². The van der Waals surface area contributed by atoms with Gasteiger partial charge in [0.15, 0.2) is 0 Å². The number of aliphatic carboxylic acids is 1. The predicted molar refractivity (Wildman–Crippen MR) is 132 cm³/mol. The number of hydrogen-bond acceptors (Lipinski definition) is 2. The highest BCUT2D eigenvalue weighted by Gasteiger charge is 2.10. The molecule has 0 aliphatic carbocycles. The third-order valence-electron chi connectivity index (χ3n) is 5.70. The average Bonchev–Trinajstić information content (AvgIpc) is 3.18. The van der Waals surface area contributed by atoms with E-state index in [2.05, 4.69) is 34.9 Å². The van der Waals surface area contributed by atoms with Gasteiger partial charge in [0, 0.05) is 29.2 Å². The maximum atomic E-state index is 11.2. The van der Waals surface area contributed by atoms with Crippen LogP contribution >= 0.6 is 0 Å². The Balaban J connectivity index is 1.49. The van der Waals surface area contributed by atoms with Crippen LogP contribution in [0.3, 0.4) is 0 Å². The Morgan fingerprint density at radius 2 is 1.58 bits per heavy atom. The predicted octanol–water partition coefficient (Wildman–Crippen LogP) is 6.52. The second-order valence-electron chi connectivity index (χ2n) is 8.00. The molecule has 0 radical (unpaired) electrons. The number of nitrogens with zero attached hydrogens (tertiary/aromatic N) is 1. The Kier molecular flexibility index (Phi) is 5.64. The maximum absolute atomic E-state index is 11.2. The van der Waals surface area contributed by atoms with Gasteiger partial charge in [-0.25, -0.2) is 4.79 Å². The van der Waals surface area contributed by atoms with Crippen molar-refractivity contribution >= 4 is 33.7 Å². The number of carboxylic acid groups (broad SMARTS) is 1. The van der Waals surface area contributed by atoms with E-state index in [9.17, 15) is 4.79 Å². The van der Waals surface area contributed by atoms with Gasteiger partial charge in [-0.05, 0) is 58.3 Å². The Morgan fingerprint density at radius 3 is 2.39 bits per heavy atom. The molecule has 1 aromatic heterocycles. The Hall–Kier alpha value is -4.31. The summed E-state index contributed by atoms with van der Waals surface area (Å²) in [6.07, 6.45) is 2.83. The van der Waals surface area contributed by atoms with Crippen molar-refractivity contribution in [2.75, 3.05) is 0 Å². The normalized spacial score (nSPS) is 11.4. The number of fused-ring (bicyclic) bond motifs is 2. The second-order valence-corrected chi connectivity index (χ2v) is 8.00. The summed E-state index contributed by atoms with van der Waals surface area (Å²) in [5.41, 5.74) is 4.12. The summed E-state index contributed by atoms with van der Waals surface area (Å²) in [7, 11) is 0. The van der Waals surface area contributed by atoms with Crippen molar-refractivity contribution in [3.8, 4) is 5.75 Å². The summed E-state index contributed by atoms with van der Waals surface area (Å²) in [6, 6.07) is 32.8. The molecule has 0 amide bonds. The van der Waals surface area contributed by atoms with Crippen molar-refractivity contribution in [1.82, 2.24) is 4.57 Å². The van der Waals surface area contributed by atoms with Crippen molar-refractivity contribution in [1.29, 1.82) is 0 Å². The average molecular weight is 434 g/mol. The Bertz CT molecular complexity index is 1460. The molecule has 162 valence electrons. The molecule has 33 heavy (non-hydrogen) atoms. The number of hydrogen-bond donors (Lipinski definition) is 1. The molecule has 4 nitrogen and oxygen atoms in total. The van der Waals surface area contributed by atoms with Crippen molar-refractivity contribution in [2.24, 2.45) is 0 Å². The van der Waals surface area contributed by atoms with Gasteiger partial charge in [-0.3, -0.25) is 0 Å². The fourth-order valence-electron chi connectivity index (χ4n) is 4.09. The third-order valence-corrected chi connectivity index (χ3v) is 5.70. The highest BCUT2D eigenvalue weighted by Crippen LogP contribution is 2.28. The van der Waals surface area contributed by atoms with Crippen LogP contribution in [0.25, 0.3) is 27.8 Å². The highest BCUT2D eigenvalue weighted by atomic mass is 16.5. The van der Waals surface area contributed by atoms with Gasteiger partial charge in [0.1, 0.15) is 12.4 Å². The summed E-state index contributed by atoms with van der Waals surface area (Å²) in [4.78, 5) is 11.2. The number of benzene rings is 4. The van der Waals surface area contributed by atoms with E-state index in [4.69, 9.17) is 9.84 Å². The molecule has 0 aliphatic heterocycles. The molecule has 0 saturated carbocycles. The van der Waals surface area contributed by atoms with E-state index >= 15 is 0 Å². The molecule has 5 aromatic rings. The zero-order chi connectivity index (χ0) is 22.6. The second kappa shape index (κ2) is 9.05. The molecule has 0 bridgehead atoms. The van der Waals surface area contributed by atoms with Crippen LogP contribution in [0.1, 0.15) is 16.8 Å². The van der Waals surface area contributed by atoms with Crippen molar-refractivity contribution in [3.63, 3.8) is 0 Å². The van der Waals surface area contributed by atoms with E-state index in [1.807, 2.05) is 66.7 Å². The van der Waals surface area contributed by atoms with Crippen LogP contribution in [0.5, 0.6) is 5.75 Å². The van der Waals surface area contributed by atoms with E-state index in [1.54, 1.807) is 6.08 Å². The maximum Gasteiger partial charge on any atom is 0.328 e. The fourth-order valence-corrected chi connectivity index (χ4v) is 4.09. The van der Waals surface area contributed by atoms with Crippen molar-refractivity contribution < 1.29 is 14.6 Å². The van der Waals surface area contributed by atoms with E-state index in [0.29, 0.717) is 13.2 Å². The smallest absolute Gasteiger partial charge is 0.328 e. The monoisotopic (exact) mass is 433 g/mol. The van der Waals surface area contributed by atoms with Gasteiger partial charge in [-0.2, -0.15) is 0 Å². The van der Waals surface area contributed by atoms with Crippen LogP contribution in [0.4, 0.5) is 0 Å². The SMILES string of the molecule is O=C(O)/C=C/c1cc2cc(OCc3ccccc3)ccc2n1Cc1ccc2ccccc2c1. The van der Waals surface area contributed by atoms with Crippen LogP contribution in [0.2, 0.25) is 0 Å². The lowest BCUT2D eigenvalue weighted by Crippen LogP contribution is -2.02. The van der Waals surface area contributed by atoms with Gasteiger partial charge in [-0.1, -0.05) is 66.7 Å². The van der Waals surface area contributed by atoms with Crippen molar-refractivity contribution in [2.45, 2.75) is 13.2 Å². The number of ether oxygens (including phenoxy) is 1. The van der Waals surface area contributed by atoms with Crippen LogP contribution in [0.15, 0.2) is 103 Å². The number of rotatable bonds is 7. The third kappa shape index (κ3) is 4.65. The summed E-state index contributed by atoms with van der Waals surface area (Å²) in [6.45, 7) is 1.13. The quantitative estimate of drug-likeness (QED) is 0.297. The first kappa shape index (κ1) is 20.6. The summed E-state index contributed by atoms with van der Waals surface area (Å²) in [5.74, 6) is -0.188. The molecular formula is C29H23NO3. The summed E-state index contributed by atoms with van der Waals surface area (Å²) >= 11 is 0. The first-order chi connectivity index (χ1) is 16.2. The summed E-state index contributed by atoms with van der Waals surface area (Å²) < 4.78 is 8.13. The van der Waals surface area contributed by atoms with Gasteiger partial charge in [0.2, 0.25) is 0 Å². The standard InChI is InChI=1S/C29H23NO3/c31-29(32)15-12-26-17-25-18-27(33-20-21-6-2-1-3-7-21)13-14-28(25)30(26)19-22-10-11-23-8-4-5-9-24(23)16-22/h1-18H,19-20H2,(H,31,32)/b15-12+. The van der Waals surface area contributed by atoms with Gasteiger partial charge in [0.25, 0.3) is 0 Å². The molecule has 4 aromatic carbocycles. The minimum Gasteiger partial charge on any atom is -0.489 e. The highest BCUT2D eigenvalue weighted by molar-refractivity contribution is 5.89. The number of carbonyl (C=O) groups is 1. The van der Waals surface area contributed by atoms with E-state index in [0.717, 1.165) is 33.5 Å². The van der Waals surface area contributed by atoms with Gasteiger partial charge >= 0.3 is 5.97 Å². The molecule has 5 rings (SSSR count). The molecule has 0 atom stereocenters. The lowest BCUT2D eigenvalue weighted by molar-refractivity contribution is -0.131. The molecule has 1 heterocycles. The molecule has 0 saturated heterocycles. The molecule has 4 heteroatoms. The van der Waals surface area contributed by atoms with Crippen LogP contribution in [-0.2, 0) is 17.9 Å². The van der Waals surface area contributed by atoms with Crippen molar-refractivity contribution in [3.05, 3.63) is 120 Å². The topological polar surface area (TPSA) is 51.5 Å². The molecule has 0 unspecified atom stereocenters. The molecular weight excluding hydrogens is 410 g/mol. The summed E-state index contributed by atoms with van der Waals surface area (Å²) in [5, 5.41) is 12.5. The minimum atomic E-state index is -0.968. The van der Waals surface area contributed by atoms with E-state index in [1.165, 1.54) is 16.8 Å². The molecule has 0 fully saturated rings. The zero-order valence-corrected chi connectivity index (χ0v) is 18.0.